The number of benzene rings is 10. The van der Waals surface area contributed by atoms with Gasteiger partial charge >= 0.3 is 0 Å². The van der Waals surface area contributed by atoms with Crippen LogP contribution in [0, 0.1) is 0 Å². The Hall–Kier alpha value is -7.94. The zero-order valence-electron chi connectivity index (χ0n) is 33.5. The summed E-state index contributed by atoms with van der Waals surface area (Å²) < 4.78 is 2.42. The zero-order chi connectivity index (χ0) is 40.3. The van der Waals surface area contributed by atoms with Gasteiger partial charge in [-0.15, -0.1) is 0 Å². The van der Waals surface area contributed by atoms with E-state index in [0.29, 0.717) is 0 Å². The van der Waals surface area contributed by atoms with E-state index >= 15 is 0 Å². The van der Waals surface area contributed by atoms with Gasteiger partial charge in [0.1, 0.15) is 0 Å². The molecule has 1 aliphatic heterocycles. The summed E-state index contributed by atoms with van der Waals surface area (Å²) in [7, 11) is 0. The normalized spacial score (nSPS) is 12.2. The van der Waals surface area contributed by atoms with E-state index < -0.39 is 0 Å². The Kier molecular flexibility index (Phi) is 8.28. The monoisotopic (exact) mass is 776 g/mol. The Labute approximate surface area is 355 Å². The summed E-state index contributed by atoms with van der Waals surface area (Å²) in [5.41, 5.74) is 19.6. The molecule has 0 bridgehead atoms. The summed E-state index contributed by atoms with van der Waals surface area (Å²) in [6.07, 6.45) is 0.857. The van der Waals surface area contributed by atoms with Crippen molar-refractivity contribution in [1.29, 1.82) is 0 Å². The van der Waals surface area contributed by atoms with E-state index in [0.717, 1.165) is 12.1 Å². The fourth-order valence-corrected chi connectivity index (χ4v) is 9.60. The second-order valence-corrected chi connectivity index (χ2v) is 16.1. The summed E-state index contributed by atoms with van der Waals surface area (Å²) in [5, 5.41) is 4.98. The van der Waals surface area contributed by atoms with Gasteiger partial charge in [-0.1, -0.05) is 164 Å². The van der Waals surface area contributed by atoms with Crippen LogP contribution in [0.2, 0.25) is 0 Å². The van der Waals surface area contributed by atoms with Crippen molar-refractivity contribution in [3.05, 3.63) is 242 Å². The maximum absolute atomic E-state index is 2.48. The molecule has 2 nitrogen and oxygen atoms in total. The third-order valence-corrected chi connectivity index (χ3v) is 12.6. The molecule has 286 valence electrons. The molecule has 10 aromatic carbocycles. The summed E-state index contributed by atoms with van der Waals surface area (Å²) in [6, 6.07) is 84.5. The predicted octanol–water partition coefficient (Wildman–Crippen LogP) is 16.0. The molecule has 12 rings (SSSR count). The highest BCUT2D eigenvalue weighted by Crippen LogP contribution is 2.48. The lowest BCUT2D eigenvalue weighted by Gasteiger charge is -2.35. The smallest absolute Gasteiger partial charge is 0.0541 e. The van der Waals surface area contributed by atoms with Crippen molar-refractivity contribution in [2.75, 3.05) is 4.90 Å². The molecule has 0 atom stereocenters. The summed E-state index contributed by atoms with van der Waals surface area (Å²) >= 11 is 0. The van der Waals surface area contributed by atoms with Crippen LogP contribution in [0.1, 0.15) is 11.1 Å². The standard InChI is InChI=1S/C59H40N2/c1-4-13-40(14-5-1)45-25-31-55-49(35-45)37-50-36-46(26-32-56(50)61(55)57-22-12-20-44-19-10-11-21-52(44)57)43-23-29-51(30-24-43)60-58-33-27-47(41-15-6-2-7-16-41)38-53(58)54-39-48(28-34-59(54)60)42-17-8-3-9-18-42/h1-36,38-39H,37H2. The van der Waals surface area contributed by atoms with Crippen LogP contribution in [-0.4, -0.2) is 4.57 Å². The first kappa shape index (κ1) is 35.0. The minimum absolute atomic E-state index is 0.857. The van der Waals surface area contributed by atoms with Crippen molar-refractivity contribution in [3.8, 4) is 50.2 Å². The predicted molar refractivity (Wildman–Crippen MR) is 258 cm³/mol. The molecule has 11 aromatic rings. The highest BCUT2D eigenvalue weighted by molar-refractivity contribution is 6.11. The molecule has 1 aromatic heterocycles. The van der Waals surface area contributed by atoms with E-state index in [2.05, 4.69) is 240 Å². The van der Waals surface area contributed by atoms with Crippen LogP contribution in [0.5, 0.6) is 0 Å². The lowest BCUT2D eigenvalue weighted by molar-refractivity contribution is 1.09. The third-order valence-electron chi connectivity index (χ3n) is 12.6. The van der Waals surface area contributed by atoms with E-state index in [-0.39, 0.29) is 0 Å². The van der Waals surface area contributed by atoms with Crippen molar-refractivity contribution in [2.24, 2.45) is 0 Å². The Morgan fingerprint density at radius 3 is 1.25 bits per heavy atom. The van der Waals surface area contributed by atoms with E-state index in [1.54, 1.807) is 0 Å². The van der Waals surface area contributed by atoms with Gasteiger partial charge in [0, 0.05) is 39.6 Å². The van der Waals surface area contributed by atoms with Crippen LogP contribution in [-0.2, 0) is 6.42 Å². The molecule has 2 heterocycles. The molecule has 2 heteroatoms. The van der Waals surface area contributed by atoms with E-state index in [1.165, 1.54) is 105 Å². The number of nitrogens with zero attached hydrogens (tertiary/aromatic N) is 2. The number of hydrogen-bond donors (Lipinski definition) is 0. The second-order valence-electron chi connectivity index (χ2n) is 16.1. The fourth-order valence-electron chi connectivity index (χ4n) is 9.60. The van der Waals surface area contributed by atoms with Crippen LogP contribution in [0.25, 0.3) is 82.8 Å². The number of rotatable bonds is 6. The average Bonchev–Trinajstić information content (AvgIpc) is 3.66. The van der Waals surface area contributed by atoms with Gasteiger partial charge in [0.25, 0.3) is 0 Å². The molecular formula is C59H40N2. The maximum Gasteiger partial charge on any atom is 0.0541 e. The fraction of sp³-hybridized carbons (Fsp3) is 0.0169. The van der Waals surface area contributed by atoms with Crippen LogP contribution in [0.3, 0.4) is 0 Å². The third kappa shape index (κ3) is 6.03. The van der Waals surface area contributed by atoms with E-state index in [4.69, 9.17) is 0 Å². The van der Waals surface area contributed by atoms with Gasteiger partial charge in [-0.2, -0.15) is 0 Å². The highest BCUT2D eigenvalue weighted by atomic mass is 15.2. The maximum atomic E-state index is 2.48. The Morgan fingerprint density at radius 1 is 0.279 bits per heavy atom. The topological polar surface area (TPSA) is 8.17 Å². The van der Waals surface area contributed by atoms with Crippen LogP contribution < -0.4 is 4.90 Å². The number of aromatic nitrogens is 1. The van der Waals surface area contributed by atoms with Gasteiger partial charge in [0.15, 0.2) is 0 Å². The van der Waals surface area contributed by atoms with Crippen LogP contribution in [0.15, 0.2) is 231 Å². The number of fused-ring (bicyclic) bond motifs is 6. The SMILES string of the molecule is c1ccc(-c2ccc3c(c2)Cc2cc(-c4ccc(-n5c6ccc(-c7ccccc7)cc6c6cc(-c7ccccc7)ccc65)cc4)ccc2N3c2cccc3ccccc23)cc1. The van der Waals surface area contributed by atoms with Crippen molar-refractivity contribution in [3.63, 3.8) is 0 Å². The molecule has 0 unspecified atom stereocenters. The first-order chi connectivity index (χ1) is 30.2. The van der Waals surface area contributed by atoms with E-state index in [9.17, 15) is 0 Å². The molecule has 0 saturated carbocycles. The molecular weight excluding hydrogens is 737 g/mol. The molecule has 1 aliphatic rings. The van der Waals surface area contributed by atoms with Crippen molar-refractivity contribution >= 4 is 49.6 Å². The Balaban J connectivity index is 0.961. The number of hydrogen-bond acceptors (Lipinski definition) is 1. The Bertz CT molecular complexity index is 3320. The van der Waals surface area contributed by atoms with Crippen molar-refractivity contribution in [2.45, 2.75) is 6.42 Å². The van der Waals surface area contributed by atoms with Crippen LogP contribution >= 0.6 is 0 Å². The molecule has 0 amide bonds. The first-order valence-corrected chi connectivity index (χ1v) is 21.1. The molecule has 0 fully saturated rings. The van der Waals surface area contributed by atoms with Crippen molar-refractivity contribution < 1.29 is 0 Å². The van der Waals surface area contributed by atoms with Gasteiger partial charge in [0.2, 0.25) is 0 Å². The molecule has 0 N–H and O–H groups in total. The second kappa shape index (κ2) is 14.4. The van der Waals surface area contributed by atoms with Gasteiger partial charge in [-0.25, -0.2) is 0 Å². The minimum Gasteiger partial charge on any atom is -0.309 e. The zero-order valence-corrected chi connectivity index (χ0v) is 33.5. The van der Waals surface area contributed by atoms with Gasteiger partial charge < -0.3 is 9.47 Å². The summed E-state index contributed by atoms with van der Waals surface area (Å²) in [4.78, 5) is 2.48. The molecule has 61 heavy (non-hydrogen) atoms. The lowest BCUT2D eigenvalue weighted by atomic mass is 9.89. The number of anilines is 3. The Morgan fingerprint density at radius 2 is 0.705 bits per heavy atom. The van der Waals surface area contributed by atoms with Gasteiger partial charge in [0.05, 0.1) is 16.7 Å². The quantitative estimate of drug-likeness (QED) is 0.163. The van der Waals surface area contributed by atoms with Gasteiger partial charge in [-0.3, -0.25) is 0 Å². The average molecular weight is 777 g/mol. The summed E-state index contributed by atoms with van der Waals surface area (Å²) in [6.45, 7) is 0. The molecule has 0 aliphatic carbocycles. The molecule has 0 spiro atoms. The van der Waals surface area contributed by atoms with Crippen molar-refractivity contribution in [1.82, 2.24) is 4.57 Å². The van der Waals surface area contributed by atoms with Crippen LogP contribution in [0.4, 0.5) is 17.1 Å². The lowest BCUT2D eigenvalue weighted by Crippen LogP contribution is -2.19. The minimum atomic E-state index is 0.857. The first-order valence-electron chi connectivity index (χ1n) is 21.1. The summed E-state index contributed by atoms with van der Waals surface area (Å²) in [5.74, 6) is 0. The largest absolute Gasteiger partial charge is 0.309 e. The molecule has 0 radical (unpaired) electrons. The van der Waals surface area contributed by atoms with E-state index in [1.807, 2.05) is 0 Å². The van der Waals surface area contributed by atoms with Gasteiger partial charge in [-0.05, 0) is 128 Å². The molecule has 0 saturated heterocycles. The highest BCUT2D eigenvalue weighted by Gasteiger charge is 2.26.